The SMILES string of the molecule is Cc1cccc2nc(CNC(=O)CC3C[C@H]4CC[C@@H](C3)N4)cn12. The summed E-state index contributed by atoms with van der Waals surface area (Å²) in [6.45, 7) is 2.57. The number of amides is 1. The maximum Gasteiger partial charge on any atom is 0.220 e. The molecular weight excluding hydrogens is 288 g/mol. The van der Waals surface area contributed by atoms with Gasteiger partial charge in [0, 0.05) is 30.4 Å². The lowest BCUT2D eigenvalue weighted by atomic mass is 9.89. The molecule has 1 amide bonds. The number of nitrogens with one attached hydrogen (secondary N) is 2. The van der Waals surface area contributed by atoms with Crippen molar-refractivity contribution in [3.63, 3.8) is 0 Å². The van der Waals surface area contributed by atoms with Gasteiger partial charge in [-0.3, -0.25) is 4.79 Å². The molecule has 5 nitrogen and oxygen atoms in total. The number of nitrogens with zero attached hydrogens (tertiary/aromatic N) is 2. The molecule has 4 rings (SSSR count). The summed E-state index contributed by atoms with van der Waals surface area (Å²) < 4.78 is 2.06. The quantitative estimate of drug-likeness (QED) is 0.910. The lowest BCUT2D eigenvalue weighted by Gasteiger charge is -2.28. The van der Waals surface area contributed by atoms with Crippen LogP contribution in [0.25, 0.3) is 5.65 Å². The zero-order valence-corrected chi connectivity index (χ0v) is 13.6. The van der Waals surface area contributed by atoms with Crippen molar-refractivity contribution < 1.29 is 4.79 Å². The normalized spacial score (nSPS) is 26.6. The first-order valence-corrected chi connectivity index (χ1v) is 8.64. The number of rotatable bonds is 4. The highest BCUT2D eigenvalue weighted by atomic mass is 16.1. The van der Waals surface area contributed by atoms with Crippen molar-refractivity contribution in [2.45, 2.75) is 57.7 Å². The summed E-state index contributed by atoms with van der Waals surface area (Å²) in [5, 5.41) is 6.67. The van der Waals surface area contributed by atoms with E-state index in [4.69, 9.17) is 0 Å². The van der Waals surface area contributed by atoms with Gasteiger partial charge in [-0.15, -0.1) is 0 Å². The van der Waals surface area contributed by atoms with E-state index >= 15 is 0 Å². The number of aryl methyl sites for hydroxylation is 1. The summed E-state index contributed by atoms with van der Waals surface area (Å²) in [7, 11) is 0. The molecule has 2 bridgehead atoms. The number of fused-ring (bicyclic) bond motifs is 3. The Balaban J connectivity index is 1.33. The van der Waals surface area contributed by atoms with Crippen molar-refractivity contribution in [1.29, 1.82) is 0 Å². The number of carbonyl (C=O) groups is 1. The van der Waals surface area contributed by atoms with Gasteiger partial charge in [-0.25, -0.2) is 4.98 Å². The zero-order valence-electron chi connectivity index (χ0n) is 13.6. The number of hydrogen-bond acceptors (Lipinski definition) is 3. The van der Waals surface area contributed by atoms with Crippen LogP contribution in [0.4, 0.5) is 0 Å². The molecule has 2 saturated heterocycles. The van der Waals surface area contributed by atoms with Crippen LogP contribution in [-0.4, -0.2) is 27.4 Å². The number of piperidine rings is 1. The van der Waals surface area contributed by atoms with E-state index in [1.807, 2.05) is 18.3 Å². The molecule has 0 radical (unpaired) electrons. The zero-order chi connectivity index (χ0) is 15.8. The minimum Gasteiger partial charge on any atom is -0.350 e. The molecule has 2 N–H and O–H groups in total. The van der Waals surface area contributed by atoms with E-state index in [0.717, 1.165) is 29.9 Å². The summed E-state index contributed by atoms with van der Waals surface area (Å²) in [5.74, 6) is 0.696. The summed E-state index contributed by atoms with van der Waals surface area (Å²) >= 11 is 0. The standard InChI is InChI=1S/C18H24N4O/c1-12-3-2-4-17-21-16(11-22(12)17)10-19-18(23)9-13-7-14-5-6-15(8-13)20-14/h2-4,11,13-15,20H,5-10H2,1H3,(H,19,23)/t13?,14-,15+. The Morgan fingerprint density at radius 3 is 2.87 bits per heavy atom. The lowest BCUT2D eigenvalue weighted by molar-refractivity contribution is -0.122. The van der Waals surface area contributed by atoms with Crippen molar-refractivity contribution in [3.05, 3.63) is 35.8 Å². The van der Waals surface area contributed by atoms with Gasteiger partial charge in [-0.1, -0.05) is 6.07 Å². The fraction of sp³-hybridized carbons (Fsp3) is 0.556. The maximum atomic E-state index is 12.2. The minimum absolute atomic E-state index is 0.157. The van der Waals surface area contributed by atoms with Crippen molar-refractivity contribution in [1.82, 2.24) is 20.0 Å². The second-order valence-corrected chi connectivity index (χ2v) is 7.08. The van der Waals surface area contributed by atoms with Gasteiger partial charge in [0.25, 0.3) is 0 Å². The summed E-state index contributed by atoms with van der Waals surface area (Å²) in [4.78, 5) is 16.8. The van der Waals surface area contributed by atoms with E-state index in [-0.39, 0.29) is 5.91 Å². The number of hydrogen-bond donors (Lipinski definition) is 2. The second kappa shape index (κ2) is 5.96. The van der Waals surface area contributed by atoms with Crippen molar-refractivity contribution in [2.24, 2.45) is 5.92 Å². The van der Waals surface area contributed by atoms with Gasteiger partial charge < -0.3 is 15.0 Å². The Morgan fingerprint density at radius 1 is 1.35 bits per heavy atom. The monoisotopic (exact) mass is 312 g/mol. The van der Waals surface area contributed by atoms with E-state index in [1.54, 1.807) is 0 Å². The van der Waals surface area contributed by atoms with Crippen LogP contribution in [0.5, 0.6) is 0 Å². The highest BCUT2D eigenvalue weighted by Gasteiger charge is 2.34. The molecule has 1 unspecified atom stereocenters. The van der Waals surface area contributed by atoms with Gasteiger partial charge in [0.15, 0.2) is 0 Å². The molecule has 2 aromatic rings. The Morgan fingerprint density at radius 2 is 2.13 bits per heavy atom. The van der Waals surface area contributed by atoms with Crippen LogP contribution < -0.4 is 10.6 Å². The Labute approximate surface area is 136 Å². The average molecular weight is 312 g/mol. The summed E-state index contributed by atoms with van der Waals surface area (Å²) in [5.41, 5.74) is 3.00. The van der Waals surface area contributed by atoms with Gasteiger partial charge >= 0.3 is 0 Å². The molecule has 2 aliphatic rings. The van der Waals surface area contributed by atoms with Gasteiger partial charge in [0.2, 0.25) is 5.91 Å². The highest BCUT2D eigenvalue weighted by molar-refractivity contribution is 5.76. The fourth-order valence-corrected chi connectivity index (χ4v) is 4.15. The molecule has 23 heavy (non-hydrogen) atoms. The molecule has 3 atom stereocenters. The number of aromatic nitrogens is 2. The van der Waals surface area contributed by atoms with Crippen LogP contribution >= 0.6 is 0 Å². The average Bonchev–Trinajstić information content (AvgIpc) is 3.09. The van der Waals surface area contributed by atoms with Gasteiger partial charge in [-0.2, -0.15) is 0 Å². The van der Waals surface area contributed by atoms with E-state index < -0.39 is 0 Å². The Kier molecular flexibility index (Phi) is 3.81. The molecular formula is C18H24N4O. The fourth-order valence-electron chi connectivity index (χ4n) is 4.15. The molecule has 0 aliphatic carbocycles. The largest absolute Gasteiger partial charge is 0.350 e. The molecule has 0 aromatic carbocycles. The van der Waals surface area contributed by atoms with Crippen molar-refractivity contribution in [3.8, 4) is 0 Å². The predicted molar refractivity (Wildman–Crippen MR) is 89.1 cm³/mol. The molecule has 2 aliphatic heterocycles. The third-order valence-corrected chi connectivity index (χ3v) is 5.26. The molecule has 4 heterocycles. The summed E-state index contributed by atoms with van der Waals surface area (Å²) in [6, 6.07) is 7.35. The van der Waals surface area contributed by atoms with E-state index in [2.05, 4.69) is 33.0 Å². The third kappa shape index (κ3) is 3.11. The molecule has 0 spiro atoms. The van der Waals surface area contributed by atoms with E-state index in [1.165, 1.54) is 12.8 Å². The Hall–Kier alpha value is -1.88. The molecule has 2 fully saturated rings. The maximum absolute atomic E-state index is 12.2. The van der Waals surface area contributed by atoms with Crippen molar-refractivity contribution >= 4 is 11.6 Å². The van der Waals surface area contributed by atoms with Crippen LogP contribution in [0.3, 0.4) is 0 Å². The number of pyridine rings is 1. The first-order chi connectivity index (χ1) is 11.2. The van der Waals surface area contributed by atoms with Crippen LogP contribution in [-0.2, 0) is 11.3 Å². The van der Waals surface area contributed by atoms with Gasteiger partial charge in [0.1, 0.15) is 5.65 Å². The first kappa shape index (κ1) is 14.7. The van der Waals surface area contributed by atoms with Gasteiger partial charge in [0.05, 0.1) is 12.2 Å². The Bertz CT molecular complexity index is 711. The molecule has 0 saturated carbocycles. The highest BCUT2D eigenvalue weighted by Crippen LogP contribution is 2.32. The van der Waals surface area contributed by atoms with Crippen LogP contribution in [0.2, 0.25) is 0 Å². The van der Waals surface area contributed by atoms with E-state index in [0.29, 0.717) is 31.0 Å². The second-order valence-electron chi connectivity index (χ2n) is 7.08. The predicted octanol–water partition coefficient (Wildman–Crippen LogP) is 2.18. The number of imidazole rings is 1. The molecule has 5 heteroatoms. The first-order valence-electron chi connectivity index (χ1n) is 8.64. The molecule has 122 valence electrons. The van der Waals surface area contributed by atoms with Crippen molar-refractivity contribution in [2.75, 3.05) is 0 Å². The van der Waals surface area contributed by atoms with Crippen LogP contribution in [0.1, 0.15) is 43.5 Å². The van der Waals surface area contributed by atoms with E-state index in [9.17, 15) is 4.79 Å². The summed E-state index contributed by atoms with van der Waals surface area (Å²) in [6.07, 6.45) is 7.53. The molecule has 2 aromatic heterocycles. The smallest absolute Gasteiger partial charge is 0.220 e. The van der Waals surface area contributed by atoms with Crippen LogP contribution in [0.15, 0.2) is 24.4 Å². The third-order valence-electron chi connectivity index (χ3n) is 5.26. The lowest BCUT2D eigenvalue weighted by Crippen LogP contribution is -2.39. The number of carbonyl (C=O) groups excluding carboxylic acids is 1. The van der Waals surface area contributed by atoms with Crippen LogP contribution in [0, 0.1) is 12.8 Å². The topological polar surface area (TPSA) is 58.4 Å². The minimum atomic E-state index is 0.157. The van der Waals surface area contributed by atoms with Gasteiger partial charge in [-0.05, 0) is 50.7 Å².